The van der Waals surface area contributed by atoms with Crippen LogP contribution in [0.1, 0.15) is 63.1 Å². The Hall–Kier alpha value is -1.90. The molecular formula is C28H38F2N2O3. The zero-order chi connectivity index (χ0) is 25.3. The first-order valence-corrected chi connectivity index (χ1v) is 12.5. The number of hydrogen-bond donors (Lipinski definition) is 3. The zero-order valence-electron chi connectivity index (χ0n) is 20.9. The zero-order valence-corrected chi connectivity index (χ0v) is 20.9. The van der Waals surface area contributed by atoms with Gasteiger partial charge in [-0.1, -0.05) is 45.0 Å². The molecule has 4 N–H and O–H groups in total. The average Bonchev–Trinajstić information content (AvgIpc) is 3.26. The second-order valence-corrected chi connectivity index (χ2v) is 11.1. The molecule has 1 saturated heterocycles. The number of rotatable bonds is 7. The third kappa shape index (κ3) is 6.09. The Morgan fingerprint density at radius 2 is 1.63 bits per heavy atom. The molecule has 1 aliphatic heterocycles. The Labute approximate surface area is 207 Å². The lowest BCUT2D eigenvalue weighted by molar-refractivity contribution is -0.187. The van der Waals surface area contributed by atoms with Crippen molar-refractivity contribution in [3.05, 3.63) is 70.8 Å². The van der Waals surface area contributed by atoms with Crippen LogP contribution in [0.5, 0.6) is 0 Å². The lowest BCUT2D eigenvalue weighted by Crippen LogP contribution is -2.54. The smallest absolute Gasteiger partial charge is 0.168 e. The predicted octanol–water partition coefficient (Wildman–Crippen LogP) is 4.30. The molecule has 7 heteroatoms. The van der Waals surface area contributed by atoms with Crippen LogP contribution >= 0.6 is 0 Å². The molecule has 1 heterocycles. The third-order valence-electron chi connectivity index (χ3n) is 7.50. The van der Waals surface area contributed by atoms with Gasteiger partial charge in [-0.2, -0.15) is 0 Å². The summed E-state index contributed by atoms with van der Waals surface area (Å²) in [5.41, 5.74) is 8.73. The topological polar surface area (TPSA) is 76.7 Å². The molecule has 2 aromatic rings. The number of hydrogen-bond acceptors (Lipinski definition) is 5. The van der Waals surface area contributed by atoms with Crippen LogP contribution in [0.15, 0.2) is 42.5 Å². The Bertz CT molecular complexity index is 987. The summed E-state index contributed by atoms with van der Waals surface area (Å²) in [7, 11) is 0. The highest BCUT2D eigenvalue weighted by Gasteiger charge is 2.47. The Morgan fingerprint density at radius 1 is 1.00 bits per heavy atom. The minimum absolute atomic E-state index is 0.00681. The molecule has 2 atom stereocenters. The van der Waals surface area contributed by atoms with E-state index in [0.717, 1.165) is 31.7 Å². The van der Waals surface area contributed by atoms with Gasteiger partial charge in [0.25, 0.3) is 0 Å². The van der Waals surface area contributed by atoms with E-state index < -0.39 is 29.6 Å². The van der Waals surface area contributed by atoms with Crippen molar-refractivity contribution in [3.8, 4) is 0 Å². The summed E-state index contributed by atoms with van der Waals surface area (Å²) in [5.74, 6) is -1.81. The fourth-order valence-electron chi connectivity index (χ4n) is 5.28. The molecule has 2 fully saturated rings. The predicted molar refractivity (Wildman–Crippen MR) is 132 cm³/mol. The van der Waals surface area contributed by atoms with E-state index in [1.54, 1.807) is 0 Å². The van der Waals surface area contributed by atoms with Crippen molar-refractivity contribution in [2.75, 3.05) is 19.8 Å². The van der Waals surface area contributed by atoms with E-state index in [9.17, 15) is 13.9 Å². The van der Waals surface area contributed by atoms with Crippen LogP contribution < -0.4 is 11.1 Å². The number of nitrogens with two attached hydrogens (primary N) is 1. The molecular weight excluding hydrogens is 450 g/mol. The summed E-state index contributed by atoms with van der Waals surface area (Å²) in [4.78, 5) is 0. The van der Waals surface area contributed by atoms with Gasteiger partial charge in [0, 0.05) is 37.0 Å². The fourth-order valence-corrected chi connectivity index (χ4v) is 5.28. The molecule has 0 radical (unpaired) electrons. The van der Waals surface area contributed by atoms with Crippen molar-refractivity contribution in [2.45, 2.75) is 81.8 Å². The van der Waals surface area contributed by atoms with Gasteiger partial charge in [0.05, 0.1) is 19.3 Å². The highest BCUT2D eigenvalue weighted by Crippen LogP contribution is 2.45. The number of halogens is 2. The van der Waals surface area contributed by atoms with E-state index >= 15 is 0 Å². The summed E-state index contributed by atoms with van der Waals surface area (Å²) < 4.78 is 39.1. The van der Waals surface area contributed by atoms with E-state index in [-0.39, 0.29) is 23.9 Å². The van der Waals surface area contributed by atoms with Crippen molar-refractivity contribution in [1.82, 2.24) is 5.32 Å². The Morgan fingerprint density at radius 3 is 2.23 bits per heavy atom. The number of benzene rings is 2. The van der Waals surface area contributed by atoms with Gasteiger partial charge in [-0.25, -0.2) is 8.78 Å². The standard InChI is InChI=1S/C28H38F2N2O3/c1-26(2,3)20-5-4-6-21(16-20)27(7-9-28(10-8-27)34-11-12-35-28)32-18-25(33)24(31)15-19-13-22(29)17-23(30)14-19/h4-6,13-14,16-17,24-25,32-33H,7-12,15,18,31H2,1-3H3. The maximum Gasteiger partial charge on any atom is 0.168 e. The lowest BCUT2D eigenvalue weighted by atomic mass is 9.72. The first kappa shape index (κ1) is 26.2. The SMILES string of the molecule is CC(C)(C)c1cccc(C2(NCC(O)C(N)Cc3cc(F)cc(F)c3)CCC3(CC2)OCCO3)c1. The summed E-state index contributed by atoms with van der Waals surface area (Å²) in [6, 6.07) is 11.3. The van der Waals surface area contributed by atoms with Gasteiger partial charge < -0.3 is 25.6 Å². The number of ether oxygens (including phenoxy) is 2. The summed E-state index contributed by atoms with van der Waals surface area (Å²) in [6.07, 6.45) is 2.37. The number of nitrogens with one attached hydrogen (secondary N) is 1. The molecule has 35 heavy (non-hydrogen) atoms. The Balaban J connectivity index is 1.51. The first-order chi connectivity index (χ1) is 16.5. The van der Waals surface area contributed by atoms with Gasteiger partial charge in [-0.3, -0.25) is 0 Å². The van der Waals surface area contributed by atoms with Crippen LogP contribution in [0.25, 0.3) is 0 Å². The highest BCUT2D eigenvalue weighted by molar-refractivity contribution is 5.34. The van der Waals surface area contributed by atoms with Crippen LogP contribution in [0.4, 0.5) is 8.78 Å². The summed E-state index contributed by atoms with van der Waals surface area (Å²) in [6.45, 7) is 8.08. The molecule has 2 aromatic carbocycles. The van der Waals surface area contributed by atoms with Gasteiger partial charge in [0.15, 0.2) is 5.79 Å². The third-order valence-corrected chi connectivity index (χ3v) is 7.50. The largest absolute Gasteiger partial charge is 0.390 e. The monoisotopic (exact) mass is 488 g/mol. The van der Waals surface area contributed by atoms with Gasteiger partial charge in [-0.15, -0.1) is 0 Å². The van der Waals surface area contributed by atoms with Crippen LogP contribution in [-0.2, 0) is 26.8 Å². The maximum atomic E-state index is 13.6. The van der Waals surface area contributed by atoms with Crippen LogP contribution in [0, 0.1) is 11.6 Å². The van der Waals surface area contributed by atoms with Crippen molar-refractivity contribution < 1.29 is 23.4 Å². The molecule has 4 rings (SSSR count). The van der Waals surface area contributed by atoms with Gasteiger partial charge in [-0.05, 0) is 53.5 Å². The quantitative estimate of drug-likeness (QED) is 0.542. The molecule has 0 amide bonds. The van der Waals surface area contributed by atoms with E-state index in [0.29, 0.717) is 18.8 Å². The molecule has 5 nitrogen and oxygen atoms in total. The number of aliphatic hydroxyl groups excluding tert-OH is 1. The van der Waals surface area contributed by atoms with Crippen LogP contribution in [-0.4, -0.2) is 42.8 Å². The Kier molecular flexibility index (Phi) is 7.65. The van der Waals surface area contributed by atoms with Crippen molar-refractivity contribution in [2.24, 2.45) is 5.73 Å². The van der Waals surface area contributed by atoms with Crippen molar-refractivity contribution in [1.29, 1.82) is 0 Å². The first-order valence-electron chi connectivity index (χ1n) is 12.5. The van der Waals surface area contributed by atoms with Gasteiger partial charge in [0.2, 0.25) is 0 Å². The number of aliphatic hydroxyl groups is 1. The van der Waals surface area contributed by atoms with Crippen LogP contribution in [0.2, 0.25) is 0 Å². The highest BCUT2D eigenvalue weighted by atomic mass is 19.1. The van der Waals surface area contributed by atoms with E-state index in [1.807, 2.05) is 0 Å². The summed E-state index contributed by atoms with van der Waals surface area (Å²) in [5, 5.41) is 14.5. The van der Waals surface area contributed by atoms with Crippen molar-refractivity contribution in [3.63, 3.8) is 0 Å². The molecule has 192 valence electrons. The second kappa shape index (κ2) is 10.2. The molecule has 1 spiro atoms. The molecule has 2 unspecified atom stereocenters. The molecule has 2 aliphatic rings. The fraction of sp³-hybridized carbons (Fsp3) is 0.571. The minimum Gasteiger partial charge on any atom is -0.390 e. The average molecular weight is 489 g/mol. The van der Waals surface area contributed by atoms with E-state index in [1.165, 1.54) is 23.3 Å². The molecule has 1 aliphatic carbocycles. The van der Waals surface area contributed by atoms with E-state index in [4.69, 9.17) is 15.2 Å². The summed E-state index contributed by atoms with van der Waals surface area (Å²) >= 11 is 0. The normalized spacial score (nSPS) is 21.2. The second-order valence-electron chi connectivity index (χ2n) is 11.1. The maximum absolute atomic E-state index is 13.6. The molecule has 1 saturated carbocycles. The van der Waals surface area contributed by atoms with Crippen molar-refractivity contribution >= 4 is 0 Å². The lowest BCUT2D eigenvalue weighted by Gasteiger charge is -2.45. The molecule has 0 aromatic heterocycles. The van der Waals surface area contributed by atoms with Gasteiger partial charge in [0.1, 0.15) is 11.6 Å². The van der Waals surface area contributed by atoms with E-state index in [2.05, 4.69) is 50.4 Å². The minimum atomic E-state index is -0.890. The van der Waals surface area contributed by atoms with Gasteiger partial charge >= 0.3 is 0 Å². The van der Waals surface area contributed by atoms with Crippen LogP contribution in [0.3, 0.4) is 0 Å². The molecule has 0 bridgehead atoms.